The lowest BCUT2D eigenvalue weighted by Crippen LogP contribution is -2.11. The van der Waals surface area contributed by atoms with Gasteiger partial charge in [-0.1, -0.05) is 188 Å². The average molecular weight is 700 g/mol. The van der Waals surface area contributed by atoms with Gasteiger partial charge in [-0.05, 0) is 108 Å². The van der Waals surface area contributed by atoms with Crippen LogP contribution >= 0.6 is 0 Å². The summed E-state index contributed by atoms with van der Waals surface area (Å²) in [7, 11) is 0. The molecular formula is C54H37N. The molecule has 0 saturated carbocycles. The predicted molar refractivity (Wildman–Crippen MR) is 235 cm³/mol. The highest BCUT2D eigenvalue weighted by Crippen LogP contribution is 2.46. The van der Waals surface area contributed by atoms with Crippen LogP contribution in [0.2, 0.25) is 0 Å². The number of anilines is 3. The van der Waals surface area contributed by atoms with Gasteiger partial charge in [-0.3, -0.25) is 0 Å². The highest BCUT2D eigenvalue weighted by Gasteiger charge is 2.21. The first-order valence-corrected chi connectivity index (χ1v) is 18.9. The molecule has 1 nitrogen and oxygen atoms in total. The Balaban J connectivity index is 1.23. The minimum Gasteiger partial charge on any atom is -0.310 e. The SMILES string of the molecule is c1ccc(-c2ccc(N(c3ccc(-c4cc5ccccc5c5c4ccc4ccccc45)c(-c4ccccc4)c3)c3ccccc3-c3ccccc3)cc2)cc1. The first kappa shape index (κ1) is 32.4. The molecule has 10 aromatic carbocycles. The lowest BCUT2D eigenvalue weighted by Gasteiger charge is -2.29. The maximum absolute atomic E-state index is 2.42. The third-order valence-corrected chi connectivity index (χ3v) is 10.8. The summed E-state index contributed by atoms with van der Waals surface area (Å²) in [6.07, 6.45) is 0. The third-order valence-electron chi connectivity index (χ3n) is 10.8. The van der Waals surface area contributed by atoms with E-state index in [-0.39, 0.29) is 0 Å². The minimum atomic E-state index is 1.09. The summed E-state index contributed by atoms with van der Waals surface area (Å²) in [5.41, 5.74) is 12.9. The van der Waals surface area contributed by atoms with Gasteiger partial charge >= 0.3 is 0 Å². The fourth-order valence-electron chi connectivity index (χ4n) is 8.25. The molecule has 1 heteroatoms. The molecule has 0 atom stereocenters. The van der Waals surface area contributed by atoms with Crippen molar-refractivity contribution in [2.45, 2.75) is 0 Å². The van der Waals surface area contributed by atoms with E-state index in [0.717, 1.165) is 17.1 Å². The standard InChI is InChI=1S/C54H37N/c1-4-16-38(17-5-1)39-28-31-44(32-29-39)55(53-27-15-14-24-46(53)40-18-6-2-7-19-40)45-33-35-49(51(37-45)41-20-8-3-9-21-41)52-36-43-23-11-13-26-48(43)54-47-25-12-10-22-42(47)30-34-50(52)54/h1-37H. The van der Waals surface area contributed by atoms with E-state index in [2.05, 4.69) is 229 Å². The molecule has 0 N–H and O–H groups in total. The zero-order valence-corrected chi connectivity index (χ0v) is 30.3. The van der Waals surface area contributed by atoms with Crippen molar-refractivity contribution >= 4 is 49.4 Å². The molecule has 0 heterocycles. The topological polar surface area (TPSA) is 3.24 Å². The van der Waals surface area contributed by atoms with Crippen LogP contribution in [-0.2, 0) is 0 Å². The second-order valence-corrected chi connectivity index (χ2v) is 14.1. The number of hydrogen-bond acceptors (Lipinski definition) is 1. The number of hydrogen-bond donors (Lipinski definition) is 0. The summed E-state index contributed by atoms with van der Waals surface area (Å²) < 4.78 is 0. The molecule has 0 bridgehead atoms. The van der Waals surface area contributed by atoms with Crippen molar-refractivity contribution in [3.63, 3.8) is 0 Å². The van der Waals surface area contributed by atoms with Gasteiger partial charge < -0.3 is 4.90 Å². The van der Waals surface area contributed by atoms with E-state index in [9.17, 15) is 0 Å². The molecule has 0 radical (unpaired) electrons. The number of rotatable bonds is 7. The maximum Gasteiger partial charge on any atom is 0.0540 e. The molecule has 55 heavy (non-hydrogen) atoms. The summed E-state index contributed by atoms with van der Waals surface area (Å²) in [4.78, 5) is 2.42. The van der Waals surface area contributed by atoms with Gasteiger partial charge in [-0.2, -0.15) is 0 Å². The van der Waals surface area contributed by atoms with Crippen molar-refractivity contribution in [1.29, 1.82) is 0 Å². The van der Waals surface area contributed by atoms with Gasteiger partial charge in [0.25, 0.3) is 0 Å². The molecule has 0 saturated heterocycles. The summed E-state index contributed by atoms with van der Waals surface area (Å²) in [6, 6.07) is 81.5. The first-order chi connectivity index (χ1) is 27.3. The van der Waals surface area contributed by atoms with Gasteiger partial charge in [0, 0.05) is 16.9 Å². The van der Waals surface area contributed by atoms with Crippen LogP contribution in [0.1, 0.15) is 0 Å². The molecule has 10 rings (SSSR count). The number of benzene rings is 10. The van der Waals surface area contributed by atoms with Crippen LogP contribution in [0.25, 0.3) is 76.8 Å². The summed E-state index contributed by atoms with van der Waals surface area (Å²) in [5.74, 6) is 0. The van der Waals surface area contributed by atoms with Crippen molar-refractivity contribution in [3.8, 4) is 44.5 Å². The number of fused-ring (bicyclic) bond motifs is 5. The molecule has 258 valence electrons. The number of nitrogens with zero attached hydrogens (tertiary/aromatic N) is 1. The van der Waals surface area contributed by atoms with E-state index in [1.54, 1.807) is 0 Å². The second-order valence-electron chi connectivity index (χ2n) is 14.1. The van der Waals surface area contributed by atoms with E-state index in [1.165, 1.54) is 76.8 Å². The van der Waals surface area contributed by atoms with Crippen LogP contribution in [0.15, 0.2) is 224 Å². The Kier molecular flexibility index (Phi) is 8.24. The van der Waals surface area contributed by atoms with E-state index in [0.29, 0.717) is 0 Å². The molecule has 0 unspecified atom stereocenters. The Bertz CT molecular complexity index is 2930. The summed E-state index contributed by atoms with van der Waals surface area (Å²) in [5, 5.41) is 7.59. The molecule has 0 fully saturated rings. The lowest BCUT2D eigenvalue weighted by atomic mass is 9.87. The van der Waals surface area contributed by atoms with Crippen molar-refractivity contribution in [2.24, 2.45) is 0 Å². The van der Waals surface area contributed by atoms with E-state index in [1.807, 2.05) is 0 Å². The monoisotopic (exact) mass is 699 g/mol. The Hall–Kier alpha value is -7.22. The Morgan fingerprint density at radius 1 is 0.255 bits per heavy atom. The molecule has 0 aliphatic heterocycles. The smallest absolute Gasteiger partial charge is 0.0540 e. The number of para-hydroxylation sites is 1. The van der Waals surface area contributed by atoms with Crippen molar-refractivity contribution in [1.82, 2.24) is 0 Å². The van der Waals surface area contributed by atoms with Gasteiger partial charge in [0.15, 0.2) is 0 Å². The predicted octanol–water partition coefficient (Wildman–Crippen LogP) is 15.3. The van der Waals surface area contributed by atoms with Gasteiger partial charge in [0.1, 0.15) is 0 Å². The Labute approximate surface area is 322 Å². The molecule has 0 amide bonds. The van der Waals surface area contributed by atoms with Crippen molar-refractivity contribution in [2.75, 3.05) is 4.90 Å². The average Bonchev–Trinajstić information content (AvgIpc) is 3.27. The van der Waals surface area contributed by atoms with Crippen molar-refractivity contribution in [3.05, 3.63) is 224 Å². The molecule has 0 aliphatic rings. The summed E-state index contributed by atoms with van der Waals surface area (Å²) >= 11 is 0. The van der Waals surface area contributed by atoms with Crippen LogP contribution in [0, 0.1) is 0 Å². The van der Waals surface area contributed by atoms with Gasteiger partial charge in [0.2, 0.25) is 0 Å². The zero-order chi connectivity index (χ0) is 36.6. The highest BCUT2D eigenvalue weighted by atomic mass is 15.1. The fraction of sp³-hybridized carbons (Fsp3) is 0. The molecule has 0 aliphatic carbocycles. The quantitative estimate of drug-likeness (QED) is 0.150. The van der Waals surface area contributed by atoms with Crippen LogP contribution in [0.4, 0.5) is 17.1 Å². The largest absolute Gasteiger partial charge is 0.310 e. The first-order valence-electron chi connectivity index (χ1n) is 18.9. The second kappa shape index (κ2) is 14.0. The van der Waals surface area contributed by atoms with E-state index < -0.39 is 0 Å². The Morgan fingerprint density at radius 3 is 1.49 bits per heavy atom. The maximum atomic E-state index is 2.42. The molecule has 0 aromatic heterocycles. The molecule has 10 aromatic rings. The third kappa shape index (κ3) is 5.93. The summed E-state index contributed by atoms with van der Waals surface area (Å²) in [6.45, 7) is 0. The molecular weight excluding hydrogens is 663 g/mol. The van der Waals surface area contributed by atoms with Crippen molar-refractivity contribution < 1.29 is 0 Å². The van der Waals surface area contributed by atoms with Gasteiger partial charge in [-0.15, -0.1) is 0 Å². The van der Waals surface area contributed by atoms with Crippen LogP contribution in [0.3, 0.4) is 0 Å². The lowest BCUT2D eigenvalue weighted by molar-refractivity contribution is 1.28. The van der Waals surface area contributed by atoms with E-state index in [4.69, 9.17) is 0 Å². The highest BCUT2D eigenvalue weighted by molar-refractivity contribution is 6.24. The normalized spacial score (nSPS) is 11.3. The van der Waals surface area contributed by atoms with Gasteiger partial charge in [-0.25, -0.2) is 0 Å². The van der Waals surface area contributed by atoms with Crippen LogP contribution in [-0.4, -0.2) is 0 Å². The van der Waals surface area contributed by atoms with E-state index >= 15 is 0 Å². The minimum absolute atomic E-state index is 1.09. The van der Waals surface area contributed by atoms with Gasteiger partial charge in [0.05, 0.1) is 5.69 Å². The molecule has 0 spiro atoms. The Morgan fingerprint density at radius 2 is 0.782 bits per heavy atom. The fourth-order valence-corrected chi connectivity index (χ4v) is 8.25. The van der Waals surface area contributed by atoms with Crippen LogP contribution < -0.4 is 4.90 Å². The van der Waals surface area contributed by atoms with Crippen LogP contribution in [0.5, 0.6) is 0 Å². The zero-order valence-electron chi connectivity index (χ0n) is 30.3.